The van der Waals surface area contributed by atoms with Crippen molar-refractivity contribution in [3.05, 3.63) is 64.6 Å². The summed E-state index contributed by atoms with van der Waals surface area (Å²) in [7, 11) is 0. The Bertz CT molecular complexity index is 1090. The van der Waals surface area contributed by atoms with E-state index in [2.05, 4.69) is 24.0 Å². The first-order chi connectivity index (χ1) is 13.6. The minimum Gasteiger partial charge on any atom is -0.474 e. The number of para-hydroxylation sites is 1. The van der Waals surface area contributed by atoms with Crippen LogP contribution in [0.2, 0.25) is 0 Å². The first kappa shape index (κ1) is 17.0. The highest BCUT2D eigenvalue weighted by Gasteiger charge is 2.33. The lowest BCUT2D eigenvalue weighted by Crippen LogP contribution is -2.39. The second-order valence-corrected chi connectivity index (χ2v) is 7.41. The Kier molecular flexibility index (Phi) is 3.93. The Balaban J connectivity index is 1.59. The van der Waals surface area contributed by atoms with Crippen molar-refractivity contribution in [2.24, 2.45) is 0 Å². The average Bonchev–Trinajstić information content (AvgIpc) is 3.30. The van der Waals surface area contributed by atoms with Crippen molar-refractivity contribution in [1.29, 1.82) is 0 Å². The van der Waals surface area contributed by atoms with E-state index in [9.17, 15) is 4.79 Å². The molecule has 0 radical (unpaired) electrons. The molecule has 142 valence electrons. The lowest BCUT2D eigenvalue weighted by molar-refractivity contribution is 0.0969. The smallest absolute Gasteiger partial charge is 0.279 e. The number of rotatable bonds is 2. The van der Waals surface area contributed by atoms with E-state index in [0.29, 0.717) is 24.7 Å². The summed E-state index contributed by atoms with van der Waals surface area (Å²) in [5, 5.41) is 4.79. The number of nitrogens with zero attached hydrogens (tertiary/aromatic N) is 4. The Hall–Kier alpha value is -3.15. The van der Waals surface area contributed by atoms with Gasteiger partial charge in [0.1, 0.15) is 12.3 Å². The van der Waals surface area contributed by atoms with Crippen LogP contribution in [0.3, 0.4) is 0 Å². The summed E-state index contributed by atoms with van der Waals surface area (Å²) in [6, 6.07) is 12.0. The predicted molar refractivity (Wildman–Crippen MR) is 106 cm³/mol. The van der Waals surface area contributed by atoms with E-state index >= 15 is 0 Å². The fourth-order valence-electron chi connectivity index (χ4n) is 4.14. The number of ether oxygens (including phenoxy) is 1. The van der Waals surface area contributed by atoms with Gasteiger partial charge in [0.05, 0.1) is 12.2 Å². The van der Waals surface area contributed by atoms with Crippen LogP contribution in [0.1, 0.15) is 39.4 Å². The number of carbonyl (C=O) groups is 1. The maximum Gasteiger partial charge on any atom is 0.279 e. The molecule has 6 nitrogen and oxygen atoms in total. The number of amides is 1. The second kappa shape index (κ2) is 6.48. The minimum atomic E-state index is -0.0688. The third kappa shape index (κ3) is 2.59. The zero-order valence-electron chi connectivity index (χ0n) is 16.1. The molecule has 0 N–H and O–H groups in total. The fourth-order valence-corrected chi connectivity index (χ4v) is 4.14. The van der Waals surface area contributed by atoms with Gasteiger partial charge in [-0.25, -0.2) is 9.67 Å². The minimum absolute atomic E-state index is 0.0688. The number of aryl methyl sites for hydroxylation is 2. The summed E-state index contributed by atoms with van der Waals surface area (Å²) in [6.07, 6.45) is 2.90. The van der Waals surface area contributed by atoms with E-state index < -0.39 is 0 Å². The largest absolute Gasteiger partial charge is 0.474 e. The molecule has 5 rings (SSSR count). The molecule has 1 aliphatic heterocycles. The van der Waals surface area contributed by atoms with Crippen LogP contribution in [0.15, 0.2) is 36.4 Å². The normalized spacial score (nSPS) is 15.1. The average molecular weight is 374 g/mol. The van der Waals surface area contributed by atoms with Crippen LogP contribution in [-0.2, 0) is 12.8 Å². The Labute approximate surface area is 163 Å². The van der Waals surface area contributed by atoms with Gasteiger partial charge in [-0.1, -0.05) is 18.2 Å². The quantitative estimate of drug-likeness (QED) is 0.690. The van der Waals surface area contributed by atoms with Crippen LogP contribution in [-0.4, -0.2) is 33.8 Å². The Morgan fingerprint density at radius 2 is 1.93 bits per heavy atom. The third-order valence-corrected chi connectivity index (χ3v) is 5.55. The highest BCUT2D eigenvalue weighted by Crippen LogP contribution is 2.34. The molecule has 0 atom stereocenters. The molecular formula is C22H22N4O2. The molecule has 0 saturated carbocycles. The molecule has 6 heteroatoms. The van der Waals surface area contributed by atoms with Gasteiger partial charge in [0.2, 0.25) is 5.88 Å². The number of benzene rings is 1. The molecule has 0 unspecified atom stereocenters. The van der Waals surface area contributed by atoms with Crippen LogP contribution in [0, 0.1) is 13.8 Å². The van der Waals surface area contributed by atoms with Crippen molar-refractivity contribution in [2.75, 3.05) is 18.1 Å². The Morgan fingerprint density at radius 3 is 2.79 bits per heavy atom. The van der Waals surface area contributed by atoms with Gasteiger partial charge in [-0.3, -0.25) is 9.69 Å². The van der Waals surface area contributed by atoms with Crippen LogP contribution >= 0.6 is 0 Å². The summed E-state index contributed by atoms with van der Waals surface area (Å²) in [6.45, 7) is 4.94. The fraction of sp³-hybridized carbons (Fsp3) is 0.318. The van der Waals surface area contributed by atoms with Gasteiger partial charge in [0.15, 0.2) is 5.69 Å². The number of hydrogen-bond acceptors (Lipinski definition) is 4. The number of pyridine rings is 1. The van der Waals surface area contributed by atoms with Crippen molar-refractivity contribution in [3.8, 4) is 11.6 Å². The van der Waals surface area contributed by atoms with Crippen molar-refractivity contribution in [3.63, 3.8) is 0 Å². The molecule has 3 heterocycles. The predicted octanol–water partition coefficient (Wildman–Crippen LogP) is 3.41. The maximum absolute atomic E-state index is 13.5. The standard InChI is InChI=1S/C22H22N4O2/c1-14-6-3-4-8-17(14)26-18-9-5-7-16(18)20(24-26)22(27)25-12-13-28-21-19(25)11-10-15(2)23-21/h3-4,6,8,10-11H,5,7,9,12-13H2,1-2H3. The number of carbonyl (C=O) groups excluding carboxylic acids is 1. The van der Waals surface area contributed by atoms with E-state index in [-0.39, 0.29) is 5.91 Å². The van der Waals surface area contributed by atoms with E-state index in [1.54, 1.807) is 4.90 Å². The van der Waals surface area contributed by atoms with Crippen LogP contribution in [0.25, 0.3) is 5.69 Å². The van der Waals surface area contributed by atoms with Crippen molar-refractivity contribution >= 4 is 11.6 Å². The van der Waals surface area contributed by atoms with Gasteiger partial charge in [-0.2, -0.15) is 5.10 Å². The van der Waals surface area contributed by atoms with Crippen molar-refractivity contribution < 1.29 is 9.53 Å². The van der Waals surface area contributed by atoms with Gasteiger partial charge in [-0.05, 0) is 56.9 Å². The van der Waals surface area contributed by atoms with Gasteiger partial charge in [-0.15, -0.1) is 0 Å². The zero-order chi connectivity index (χ0) is 19.3. The van der Waals surface area contributed by atoms with Crippen molar-refractivity contribution in [1.82, 2.24) is 14.8 Å². The number of anilines is 1. The summed E-state index contributed by atoms with van der Waals surface area (Å²) in [5.41, 5.74) is 6.59. The SMILES string of the molecule is Cc1ccc2c(n1)OCCN2C(=O)c1nn(-c2ccccc2C)c2c1CCC2. The molecular weight excluding hydrogens is 352 g/mol. The van der Waals surface area contributed by atoms with Gasteiger partial charge < -0.3 is 4.74 Å². The molecule has 28 heavy (non-hydrogen) atoms. The summed E-state index contributed by atoms with van der Waals surface area (Å²) in [4.78, 5) is 19.7. The lowest BCUT2D eigenvalue weighted by atomic mass is 10.1. The molecule has 0 saturated heterocycles. The second-order valence-electron chi connectivity index (χ2n) is 7.41. The van der Waals surface area contributed by atoms with E-state index in [1.807, 2.05) is 35.9 Å². The first-order valence-electron chi connectivity index (χ1n) is 9.72. The maximum atomic E-state index is 13.5. The Morgan fingerprint density at radius 1 is 1.07 bits per heavy atom. The molecule has 1 amide bonds. The first-order valence-corrected chi connectivity index (χ1v) is 9.72. The van der Waals surface area contributed by atoms with Crippen LogP contribution in [0.5, 0.6) is 5.88 Å². The van der Waals surface area contributed by atoms with Crippen LogP contribution < -0.4 is 9.64 Å². The highest BCUT2D eigenvalue weighted by molar-refractivity contribution is 6.07. The highest BCUT2D eigenvalue weighted by atomic mass is 16.5. The van der Waals surface area contributed by atoms with Gasteiger partial charge >= 0.3 is 0 Å². The molecule has 3 aromatic rings. The molecule has 1 aliphatic carbocycles. The zero-order valence-corrected chi connectivity index (χ0v) is 16.1. The van der Waals surface area contributed by atoms with Crippen molar-refractivity contribution in [2.45, 2.75) is 33.1 Å². The summed E-state index contributed by atoms with van der Waals surface area (Å²) < 4.78 is 7.64. The van der Waals surface area contributed by atoms with E-state index in [1.165, 1.54) is 0 Å². The molecule has 1 aromatic carbocycles. The van der Waals surface area contributed by atoms with E-state index in [4.69, 9.17) is 9.84 Å². The summed E-state index contributed by atoms with van der Waals surface area (Å²) in [5.74, 6) is 0.454. The van der Waals surface area contributed by atoms with Gasteiger partial charge in [0.25, 0.3) is 5.91 Å². The molecule has 0 bridgehead atoms. The van der Waals surface area contributed by atoms with Gasteiger partial charge in [0, 0.05) is 17.0 Å². The molecule has 2 aromatic heterocycles. The molecule has 0 spiro atoms. The summed E-state index contributed by atoms with van der Waals surface area (Å²) >= 11 is 0. The monoisotopic (exact) mass is 374 g/mol. The number of hydrogen-bond donors (Lipinski definition) is 0. The topological polar surface area (TPSA) is 60.2 Å². The lowest BCUT2D eigenvalue weighted by Gasteiger charge is -2.28. The van der Waals surface area contributed by atoms with Crippen LogP contribution in [0.4, 0.5) is 5.69 Å². The number of fused-ring (bicyclic) bond motifs is 2. The number of aromatic nitrogens is 3. The third-order valence-electron chi connectivity index (χ3n) is 5.55. The van der Waals surface area contributed by atoms with E-state index in [0.717, 1.165) is 53.2 Å². The molecule has 2 aliphatic rings. The molecule has 0 fully saturated rings.